The van der Waals surface area contributed by atoms with E-state index in [1.807, 2.05) is 7.05 Å². The molecule has 25 heavy (non-hydrogen) atoms. The van der Waals surface area contributed by atoms with Crippen LogP contribution in [-0.4, -0.2) is 65.7 Å². The van der Waals surface area contributed by atoms with Crippen LogP contribution >= 0.6 is 0 Å². The monoisotopic (exact) mass is 355 g/mol. The van der Waals surface area contributed by atoms with Gasteiger partial charge in [-0.1, -0.05) is 12.8 Å². The van der Waals surface area contributed by atoms with Gasteiger partial charge in [-0.2, -0.15) is 0 Å². The van der Waals surface area contributed by atoms with Gasteiger partial charge in [0.2, 0.25) is 0 Å². The van der Waals surface area contributed by atoms with Crippen LogP contribution in [0.15, 0.2) is 4.99 Å². The third-order valence-corrected chi connectivity index (χ3v) is 5.44. The molecule has 2 rings (SSSR count). The van der Waals surface area contributed by atoms with Crippen molar-refractivity contribution in [2.24, 2.45) is 10.4 Å². The Bertz CT molecular complexity index is 378. The van der Waals surface area contributed by atoms with E-state index in [1.54, 1.807) is 7.11 Å². The summed E-state index contributed by atoms with van der Waals surface area (Å²) in [6.45, 7) is 5.08. The lowest BCUT2D eigenvalue weighted by molar-refractivity contribution is 0.0168. The number of methoxy groups -OCH3 is 1. The predicted octanol–water partition coefficient (Wildman–Crippen LogP) is 2.33. The fourth-order valence-electron chi connectivity index (χ4n) is 3.82. The van der Waals surface area contributed by atoms with Crippen molar-refractivity contribution in [3.63, 3.8) is 0 Å². The summed E-state index contributed by atoms with van der Waals surface area (Å²) in [5.74, 6) is 0.891. The number of hydrogen-bond donors (Lipinski definition) is 2. The van der Waals surface area contributed by atoms with Crippen LogP contribution in [0, 0.1) is 5.41 Å². The third kappa shape index (κ3) is 7.50. The van der Waals surface area contributed by atoms with Gasteiger partial charge in [0.15, 0.2) is 5.96 Å². The lowest BCUT2D eigenvalue weighted by Crippen LogP contribution is -2.43. The first-order chi connectivity index (χ1) is 12.3. The van der Waals surface area contributed by atoms with E-state index >= 15 is 0 Å². The molecule has 1 atom stereocenters. The second-order valence-corrected chi connectivity index (χ2v) is 7.37. The lowest BCUT2D eigenvalue weighted by atomic mass is 9.83. The molecule has 6 nitrogen and oxygen atoms in total. The second kappa shape index (κ2) is 11.7. The van der Waals surface area contributed by atoms with Crippen molar-refractivity contribution in [3.8, 4) is 0 Å². The highest BCUT2D eigenvalue weighted by atomic mass is 16.5. The normalized spacial score (nSPS) is 23.1. The average Bonchev–Trinajstić information content (AvgIpc) is 3.31. The second-order valence-electron chi connectivity index (χ2n) is 7.37. The maximum absolute atomic E-state index is 5.70. The Morgan fingerprint density at radius 3 is 2.72 bits per heavy atom. The molecule has 1 unspecified atom stereocenters. The van der Waals surface area contributed by atoms with Crippen molar-refractivity contribution < 1.29 is 14.2 Å². The van der Waals surface area contributed by atoms with E-state index in [-0.39, 0.29) is 0 Å². The van der Waals surface area contributed by atoms with Gasteiger partial charge in [-0.05, 0) is 43.9 Å². The van der Waals surface area contributed by atoms with Gasteiger partial charge in [-0.25, -0.2) is 0 Å². The number of hydrogen-bond acceptors (Lipinski definition) is 4. The average molecular weight is 356 g/mol. The van der Waals surface area contributed by atoms with Gasteiger partial charge in [0, 0.05) is 47.1 Å². The quantitative estimate of drug-likeness (QED) is 0.338. The molecule has 0 aromatic carbocycles. The fraction of sp³-hybridized carbons (Fsp3) is 0.947. The van der Waals surface area contributed by atoms with Crippen LogP contribution in [0.5, 0.6) is 0 Å². The molecular formula is C19H37N3O3. The zero-order valence-electron chi connectivity index (χ0n) is 16.1. The summed E-state index contributed by atoms with van der Waals surface area (Å²) in [6.07, 6.45) is 9.97. The standard InChI is InChI=1S/C19H37N3O3/c1-20-18(21-11-6-12-24-15-17-7-5-13-25-17)22-16-19(10-14-23-2)8-3-4-9-19/h17H,3-16H2,1-2H3,(H2,20,21,22). The number of guanidine groups is 1. The SMILES string of the molecule is CN=C(NCCCOCC1CCCO1)NCC1(CCOC)CCCC1. The van der Waals surface area contributed by atoms with E-state index in [0.717, 1.165) is 64.7 Å². The zero-order valence-corrected chi connectivity index (χ0v) is 16.1. The molecule has 1 aliphatic heterocycles. The summed E-state index contributed by atoms with van der Waals surface area (Å²) >= 11 is 0. The molecule has 0 radical (unpaired) electrons. The van der Waals surface area contributed by atoms with Crippen molar-refractivity contribution in [1.82, 2.24) is 10.6 Å². The Kier molecular flexibility index (Phi) is 9.58. The Morgan fingerprint density at radius 1 is 1.20 bits per heavy atom. The molecule has 146 valence electrons. The smallest absolute Gasteiger partial charge is 0.190 e. The number of nitrogens with one attached hydrogen (secondary N) is 2. The number of ether oxygens (including phenoxy) is 3. The van der Waals surface area contributed by atoms with Crippen LogP contribution in [0.2, 0.25) is 0 Å². The Balaban J connectivity index is 1.56. The van der Waals surface area contributed by atoms with Gasteiger partial charge < -0.3 is 24.8 Å². The first-order valence-corrected chi connectivity index (χ1v) is 9.91. The van der Waals surface area contributed by atoms with Crippen molar-refractivity contribution in [3.05, 3.63) is 0 Å². The van der Waals surface area contributed by atoms with Crippen molar-refractivity contribution >= 4 is 5.96 Å². The molecule has 1 aliphatic carbocycles. The summed E-state index contributed by atoms with van der Waals surface area (Å²) in [7, 11) is 3.62. The molecule has 1 saturated carbocycles. The van der Waals surface area contributed by atoms with Crippen molar-refractivity contribution in [2.75, 3.05) is 53.7 Å². The first kappa shape index (κ1) is 20.5. The molecular weight excluding hydrogens is 318 g/mol. The van der Waals surface area contributed by atoms with Crippen LogP contribution in [0.25, 0.3) is 0 Å². The minimum atomic E-state index is 0.317. The fourth-order valence-corrected chi connectivity index (χ4v) is 3.82. The van der Waals surface area contributed by atoms with E-state index in [2.05, 4.69) is 15.6 Å². The Morgan fingerprint density at radius 2 is 2.04 bits per heavy atom. The van der Waals surface area contributed by atoms with E-state index in [4.69, 9.17) is 14.2 Å². The first-order valence-electron chi connectivity index (χ1n) is 9.91. The molecule has 1 saturated heterocycles. The van der Waals surface area contributed by atoms with Gasteiger partial charge >= 0.3 is 0 Å². The molecule has 0 aromatic rings. The topological polar surface area (TPSA) is 64.1 Å². The number of rotatable bonds is 11. The van der Waals surface area contributed by atoms with Crippen LogP contribution in [0.1, 0.15) is 51.4 Å². The Labute approximate surface area is 153 Å². The largest absolute Gasteiger partial charge is 0.385 e. The number of nitrogens with zero attached hydrogens (tertiary/aromatic N) is 1. The van der Waals surface area contributed by atoms with Gasteiger partial charge in [0.1, 0.15) is 0 Å². The van der Waals surface area contributed by atoms with Gasteiger partial charge in [-0.15, -0.1) is 0 Å². The molecule has 1 heterocycles. The van der Waals surface area contributed by atoms with Crippen molar-refractivity contribution in [1.29, 1.82) is 0 Å². The van der Waals surface area contributed by atoms with E-state index in [1.165, 1.54) is 32.1 Å². The summed E-state index contributed by atoms with van der Waals surface area (Å²) < 4.78 is 16.6. The molecule has 0 spiro atoms. The maximum atomic E-state index is 5.70. The van der Waals surface area contributed by atoms with E-state index < -0.39 is 0 Å². The molecule has 6 heteroatoms. The molecule has 0 aromatic heterocycles. The molecule has 0 bridgehead atoms. The van der Waals surface area contributed by atoms with Gasteiger partial charge in [0.25, 0.3) is 0 Å². The Hall–Kier alpha value is -0.850. The summed E-state index contributed by atoms with van der Waals surface area (Å²) in [5.41, 5.74) is 0.373. The van der Waals surface area contributed by atoms with Crippen LogP contribution in [0.3, 0.4) is 0 Å². The van der Waals surface area contributed by atoms with Crippen LogP contribution in [-0.2, 0) is 14.2 Å². The number of aliphatic imine (C=N–C) groups is 1. The predicted molar refractivity (Wildman–Crippen MR) is 101 cm³/mol. The highest BCUT2D eigenvalue weighted by Crippen LogP contribution is 2.40. The molecule has 0 amide bonds. The van der Waals surface area contributed by atoms with E-state index in [9.17, 15) is 0 Å². The van der Waals surface area contributed by atoms with Gasteiger partial charge in [-0.3, -0.25) is 4.99 Å². The lowest BCUT2D eigenvalue weighted by Gasteiger charge is -2.30. The summed E-state index contributed by atoms with van der Waals surface area (Å²) in [6, 6.07) is 0. The summed E-state index contributed by atoms with van der Waals surface area (Å²) in [5, 5.41) is 6.91. The van der Waals surface area contributed by atoms with E-state index in [0.29, 0.717) is 11.5 Å². The zero-order chi connectivity index (χ0) is 17.8. The summed E-state index contributed by atoms with van der Waals surface area (Å²) in [4.78, 5) is 4.34. The minimum absolute atomic E-state index is 0.317. The van der Waals surface area contributed by atoms with Gasteiger partial charge in [0.05, 0.1) is 12.7 Å². The molecule has 2 aliphatic rings. The highest BCUT2D eigenvalue weighted by Gasteiger charge is 2.33. The minimum Gasteiger partial charge on any atom is -0.385 e. The molecule has 2 fully saturated rings. The third-order valence-electron chi connectivity index (χ3n) is 5.44. The maximum Gasteiger partial charge on any atom is 0.190 e. The van der Waals surface area contributed by atoms with Crippen molar-refractivity contribution in [2.45, 2.75) is 57.5 Å². The highest BCUT2D eigenvalue weighted by molar-refractivity contribution is 5.79. The van der Waals surface area contributed by atoms with Crippen LogP contribution in [0.4, 0.5) is 0 Å². The van der Waals surface area contributed by atoms with Crippen LogP contribution < -0.4 is 10.6 Å². The molecule has 2 N–H and O–H groups in total.